The van der Waals surface area contributed by atoms with Gasteiger partial charge >= 0.3 is 0 Å². The van der Waals surface area contributed by atoms with Gasteiger partial charge in [0.1, 0.15) is 5.82 Å². The minimum Gasteiger partial charge on any atom is -0.356 e. The number of piperidine rings is 1. The fraction of sp³-hybridized carbons (Fsp3) is 0.391. The van der Waals surface area contributed by atoms with Gasteiger partial charge in [-0.1, -0.05) is 30.3 Å². The van der Waals surface area contributed by atoms with E-state index in [4.69, 9.17) is 0 Å². The predicted octanol–water partition coefficient (Wildman–Crippen LogP) is 3.91. The van der Waals surface area contributed by atoms with Crippen LogP contribution in [0.1, 0.15) is 24.8 Å². The summed E-state index contributed by atoms with van der Waals surface area (Å²) >= 11 is 1.65. The van der Waals surface area contributed by atoms with Gasteiger partial charge in [-0.3, -0.25) is 9.59 Å². The molecule has 3 rings (SSSR count). The molecule has 1 fully saturated rings. The summed E-state index contributed by atoms with van der Waals surface area (Å²) in [6.45, 7) is 1.84. The fourth-order valence-corrected chi connectivity index (χ4v) is 4.30. The van der Waals surface area contributed by atoms with Crippen LogP contribution in [-0.4, -0.2) is 42.1 Å². The Kier molecular flexibility index (Phi) is 8.11. The van der Waals surface area contributed by atoms with Crippen LogP contribution in [0.15, 0.2) is 59.5 Å². The van der Waals surface area contributed by atoms with E-state index in [1.807, 2.05) is 35.2 Å². The molecule has 1 aliphatic rings. The maximum Gasteiger partial charge on any atom is 0.227 e. The highest BCUT2D eigenvalue weighted by molar-refractivity contribution is 7.99. The van der Waals surface area contributed by atoms with Crippen LogP contribution < -0.4 is 5.32 Å². The number of halogens is 1. The number of thioether (sulfide) groups is 1. The number of carbonyl (C=O) groups is 2. The molecule has 6 heteroatoms. The number of nitrogens with one attached hydrogen (secondary N) is 1. The van der Waals surface area contributed by atoms with Crippen molar-refractivity contribution in [2.24, 2.45) is 5.92 Å². The van der Waals surface area contributed by atoms with E-state index in [0.717, 1.165) is 42.0 Å². The van der Waals surface area contributed by atoms with E-state index in [1.54, 1.807) is 23.9 Å². The first kappa shape index (κ1) is 21.4. The van der Waals surface area contributed by atoms with Crippen LogP contribution >= 0.6 is 11.8 Å². The Morgan fingerprint density at radius 3 is 2.62 bits per heavy atom. The molecule has 1 aliphatic heterocycles. The lowest BCUT2D eigenvalue weighted by Gasteiger charge is -2.32. The summed E-state index contributed by atoms with van der Waals surface area (Å²) in [5, 5.41) is 3.01. The molecule has 0 saturated carbocycles. The van der Waals surface area contributed by atoms with Gasteiger partial charge in [-0.25, -0.2) is 4.39 Å². The molecule has 2 aromatic carbocycles. The van der Waals surface area contributed by atoms with Crippen LogP contribution in [0.2, 0.25) is 0 Å². The molecular formula is C23H27FN2O2S. The number of likely N-dealkylation sites (tertiary alicyclic amines) is 1. The normalized spacial score (nSPS) is 16.4. The lowest BCUT2D eigenvalue weighted by molar-refractivity contribution is -0.135. The third-order valence-corrected chi connectivity index (χ3v) is 6.14. The van der Waals surface area contributed by atoms with Crippen LogP contribution in [0.3, 0.4) is 0 Å². The van der Waals surface area contributed by atoms with Crippen molar-refractivity contribution in [3.05, 3.63) is 66.0 Å². The average Bonchev–Trinajstić information content (AvgIpc) is 2.75. The summed E-state index contributed by atoms with van der Waals surface area (Å²) in [5.41, 5.74) is 1.00. The third kappa shape index (κ3) is 6.89. The van der Waals surface area contributed by atoms with Crippen LogP contribution in [0.25, 0.3) is 0 Å². The third-order valence-electron chi connectivity index (χ3n) is 5.05. The second kappa shape index (κ2) is 11.0. The molecule has 0 bridgehead atoms. The summed E-state index contributed by atoms with van der Waals surface area (Å²) in [6, 6.07) is 16.2. The summed E-state index contributed by atoms with van der Waals surface area (Å²) in [5.74, 6) is 0.621. The van der Waals surface area contributed by atoms with Gasteiger partial charge in [-0.05, 0) is 54.8 Å². The topological polar surface area (TPSA) is 49.4 Å². The van der Waals surface area contributed by atoms with Crippen molar-refractivity contribution in [1.29, 1.82) is 0 Å². The van der Waals surface area contributed by atoms with E-state index >= 15 is 0 Å². The van der Waals surface area contributed by atoms with E-state index in [2.05, 4.69) is 5.32 Å². The van der Waals surface area contributed by atoms with Gasteiger partial charge in [0.25, 0.3) is 0 Å². The van der Waals surface area contributed by atoms with E-state index in [-0.39, 0.29) is 23.5 Å². The molecule has 0 aliphatic carbocycles. The van der Waals surface area contributed by atoms with Crippen molar-refractivity contribution in [1.82, 2.24) is 10.2 Å². The van der Waals surface area contributed by atoms with Crippen LogP contribution in [0.4, 0.5) is 4.39 Å². The lowest BCUT2D eigenvalue weighted by atomic mass is 9.96. The van der Waals surface area contributed by atoms with Crippen LogP contribution in [-0.2, 0) is 16.0 Å². The predicted molar refractivity (Wildman–Crippen MR) is 114 cm³/mol. The van der Waals surface area contributed by atoms with E-state index < -0.39 is 0 Å². The minimum atomic E-state index is -0.231. The molecule has 1 atom stereocenters. The standard InChI is InChI=1S/C23H27FN2O2S/c24-20-9-11-21(12-10-20)29-15-5-13-25-23(28)19-8-4-14-26(17-19)22(27)16-18-6-2-1-3-7-18/h1-3,6-7,9-12,19H,4-5,8,13-17H2,(H,25,28). The Morgan fingerprint density at radius 1 is 1.10 bits per heavy atom. The molecule has 0 aromatic heterocycles. The minimum absolute atomic E-state index is 0.0361. The largest absolute Gasteiger partial charge is 0.356 e. The first-order valence-corrected chi connectivity index (χ1v) is 11.1. The van der Waals surface area contributed by atoms with Crippen LogP contribution in [0, 0.1) is 11.7 Å². The second-order valence-electron chi connectivity index (χ2n) is 7.29. The zero-order valence-corrected chi connectivity index (χ0v) is 17.3. The number of hydrogen-bond acceptors (Lipinski definition) is 3. The summed E-state index contributed by atoms with van der Waals surface area (Å²) < 4.78 is 12.9. The molecule has 2 amide bonds. The fourth-order valence-electron chi connectivity index (χ4n) is 3.45. The van der Waals surface area contributed by atoms with Gasteiger partial charge in [-0.2, -0.15) is 0 Å². The Bertz CT molecular complexity index is 798. The molecule has 4 nitrogen and oxygen atoms in total. The van der Waals surface area contributed by atoms with Crippen molar-refractivity contribution < 1.29 is 14.0 Å². The Balaban J connectivity index is 1.36. The van der Waals surface area contributed by atoms with Crippen molar-refractivity contribution in [3.8, 4) is 0 Å². The van der Waals surface area contributed by atoms with Gasteiger partial charge in [-0.15, -0.1) is 11.8 Å². The molecular weight excluding hydrogens is 387 g/mol. The van der Waals surface area contributed by atoms with Gasteiger partial charge in [0.2, 0.25) is 11.8 Å². The number of hydrogen-bond donors (Lipinski definition) is 1. The quantitative estimate of drug-likeness (QED) is 0.526. The Morgan fingerprint density at radius 2 is 1.86 bits per heavy atom. The Hall–Kier alpha value is -2.34. The average molecular weight is 415 g/mol. The zero-order chi connectivity index (χ0) is 20.5. The van der Waals surface area contributed by atoms with Gasteiger partial charge < -0.3 is 10.2 Å². The van der Waals surface area contributed by atoms with Gasteiger partial charge in [0.05, 0.1) is 12.3 Å². The second-order valence-corrected chi connectivity index (χ2v) is 8.46. The number of nitrogens with zero attached hydrogens (tertiary/aromatic N) is 1. The SMILES string of the molecule is O=C(NCCCSc1ccc(F)cc1)C1CCCN(C(=O)Cc2ccccc2)C1. The van der Waals surface area contributed by atoms with E-state index in [9.17, 15) is 14.0 Å². The molecule has 154 valence electrons. The maximum atomic E-state index is 12.9. The molecule has 1 saturated heterocycles. The Labute approximate surface area is 175 Å². The highest BCUT2D eigenvalue weighted by atomic mass is 32.2. The summed E-state index contributed by atoms with van der Waals surface area (Å²) in [7, 11) is 0. The smallest absolute Gasteiger partial charge is 0.227 e. The molecule has 0 radical (unpaired) electrons. The van der Waals surface area contributed by atoms with Gasteiger partial charge in [0, 0.05) is 24.5 Å². The highest BCUT2D eigenvalue weighted by Crippen LogP contribution is 2.20. The molecule has 1 unspecified atom stereocenters. The molecule has 0 spiro atoms. The molecule has 2 aromatic rings. The van der Waals surface area contributed by atoms with Crippen molar-refractivity contribution in [2.45, 2.75) is 30.6 Å². The molecule has 1 N–H and O–H groups in total. The van der Waals surface area contributed by atoms with E-state index in [1.165, 1.54) is 12.1 Å². The monoisotopic (exact) mass is 414 g/mol. The van der Waals surface area contributed by atoms with Gasteiger partial charge in [0.15, 0.2) is 0 Å². The number of amides is 2. The summed E-state index contributed by atoms with van der Waals surface area (Å²) in [6.07, 6.45) is 2.91. The first-order chi connectivity index (χ1) is 14.1. The van der Waals surface area contributed by atoms with Crippen molar-refractivity contribution >= 4 is 23.6 Å². The first-order valence-electron chi connectivity index (χ1n) is 10.1. The number of rotatable bonds is 8. The van der Waals surface area contributed by atoms with Crippen molar-refractivity contribution in [3.63, 3.8) is 0 Å². The van der Waals surface area contributed by atoms with Crippen molar-refractivity contribution in [2.75, 3.05) is 25.4 Å². The van der Waals surface area contributed by atoms with Crippen LogP contribution in [0.5, 0.6) is 0 Å². The number of benzene rings is 2. The zero-order valence-electron chi connectivity index (χ0n) is 16.5. The van der Waals surface area contributed by atoms with E-state index in [0.29, 0.717) is 19.5 Å². The molecule has 1 heterocycles. The number of carbonyl (C=O) groups excluding carboxylic acids is 2. The highest BCUT2D eigenvalue weighted by Gasteiger charge is 2.28. The lowest BCUT2D eigenvalue weighted by Crippen LogP contribution is -2.46. The summed E-state index contributed by atoms with van der Waals surface area (Å²) in [4.78, 5) is 27.9. The molecule has 29 heavy (non-hydrogen) atoms. The maximum absolute atomic E-state index is 12.9.